The maximum absolute atomic E-state index is 5.72. The summed E-state index contributed by atoms with van der Waals surface area (Å²) in [6.45, 7) is 6.58. The molecule has 3 nitrogen and oxygen atoms in total. The number of piperazine rings is 1. The molecule has 0 amide bonds. The van der Waals surface area contributed by atoms with E-state index >= 15 is 0 Å². The second-order valence-corrected chi connectivity index (χ2v) is 5.03. The smallest absolute Gasteiger partial charge is 0.136 e. The predicted molar refractivity (Wildman–Crippen MR) is 74.6 cm³/mol. The van der Waals surface area contributed by atoms with Gasteiger partial charge in [0.2, 0.25) is 0 Å². The fourth-order valence-electron chi connectivity index (χ4n) is 2.52. The van der Waals surface area contributed by atoms with Crippen molar-refractivity contribution in [3.05, 3.63) is 35.4 Å². The van der Waals surface area contributed by atoms with Gasteiger partial charge in [-0.3, -0.25) is 4.90 Å². The van der Waals surface area contributed by atoms with Crippen molar-refractivity contribution in [1.82, 2.24) is 9.80 Å². The van der Waals surface area contributed by atoms with Gasteiger partial charge in [-0.15, -0.1) is 0 Å². The molecule has 1 heterocycles. The number of ether oxygens (including phenoxy) is 1. The van der Waals surface area contributed by atoms with E-state index in [1.54, 1.807) is 0 Å². The second-order valence-electron chi connectivity index (χ2n) is 5.03. The third kappa shape index (κ3) is 3.10. The lowest BCUT2D eigenvalue weighted by molar-refractivity contribution is -0.0533. The molecule has 1 aromatic carbocycles. The van der Waals surface area contributed by atoms with Gasteiger partial charge in [-0.2, -0.15) is 0 Å². The molecule has 0 aromatic heterocycles. The maximum atomic E-state index is 5.72. The van der Waals surface area contributed by atoms with Crippen LogP contribution in [0.1, 0.15) is 24.3 Å². The van der Waals surface area contributed by atoms with Crippen molar-refractivity contribution < 1.29 is 4.74 Å². The van der Waals surface area contributed by atoms with Gasteiger partial charge in [-0.05, 0) is 24.6 Å². The van der Waals surface area contributed by atoms with Gasteiger partial charge in [0, 0.05) is 33.3 Å². The topological polar surface area (TPSA) is 15.7 Å². The quantitative estimate of drug-likeness (QED) is 0.812. The Bertz CT molecular complexity index is 373. The van der Waals surface area contributed by atoms with Crippen LogP contribution >= 0.6 is 0 Å². The molecule has 1 aromatic rings. The van der Waals surface area contributed by atoms with Gasteiger partial charge in [0.1, 0.15) is 6.23 Å². The summed E-state index contributed by atoms with van der Waals surface area (Å²) >= 11 is 0. The van der Waals surface area contributed by atoms with Crippen molar-refractivity contribution in [1.29, 1.82) is 0 Å². The molecule has 0 saturated carbocycles. The van der Waals surface area contributed by atoms with Crippen molar-refractivity contribution in [2.75, 3.05) is 40.3 Å². The molecule has 1 unspecified atom stereocenters. The summed E-state index contributed by atoms with van der Waals surface area (Å²) in [6, 6.07) is 8.76. The molecule has 0 aliphatic carbocycles. The number of nitrogens with zero attached hydrogens (tertiary/aromatic N) is 2. The largest absolute Gasteiger partial charge is 0.362 e. The zero-order chi connectivity index (χ0) is 13.0. The highest BCUT2D eigenvalue weighted by Crippen LogP contribution is 2.23. The zero-order valence-electron chi connectivity index (χ0n) is 11.7. The predicted octanol–water partition coefficient (Wildman–Crippen LogP) is 2.14. The van der Waals surface area contributed by atoms with Gasteiger partial charge in [0.15, 0.2) is 0 Å². The molecule has 0 spiro atoms. The summed E-state index contributed by atoms with van der Waals surface area (Å²) in [7, 11) is 3.98. The lowest BCUT2D eigenvalue weighted by atomic mass is 10.1. The highest BCUT2D eigenvalue weighted by molar-refractivity contribution is 5.25. The van der Waals surface area contributed by atoms with Gasteiger partial charge in [-0.25, -0.2) is 0 Å². The van der Waals surface area contributed by atoms with Crippen LogP contribution in [0.3, 0.4) is 0 Å². The number of hydrogen-bond donors (Lipinski definition) is 0. The fourth-order valence-corrected chi connectivity index (χ4v) is 2.52. The number of likely N-dealkylation sites (N-methyl/N-ethyl adjacent to an activating group) is 1. The van der Waals surface area contributed by atoms with Gasteiger partial charge >= 0.3 is 0 Å². The lowest BCUT2D eigenvalue weighted by Crippen LogP contribution is -2.46. The van der Waals surface area contributed by atoms with Crippen LogP contribution in [0.25, 0.3) is 0 Å². The van der Waals surface area contributed by atoms with Gasteiger partial charge in [-0.1, -0.05) is 31.2 Å². The van der Waals surface area contributed by atoms with Crippen LogP contribution in [0.2, 0.25) is 0 Å². The second kappa shape index (κ2) is 6.32. The van der Waals surface area contributed by atoms with Crippen LogP contribution in [0, 0.1) is 0 Å². The van der Waals surface area contributed by atoms with Crippen molar-refractivity contribution >= 4 is 0 Å². The molecule has 2 rings (SSSR count). The van der Waals surface area contributed by atoms with Crippen molar-refractivity contribution in [3.63, 3.8) is 0 Å². The summed E-state index contributed by atoms with van der Waals surface area (Å²) in [6.07, 6.45) is 1.18. The first-order valence-corrected chi connectivity index (χ1v) is 6.78. The van der Waals surface area contributed by atoms with E-state index in [1.807, 2.05) is 7.11 Å². The molecule has 100 valence electrons. The molecular formula is C15H24N2O. The third-order valence-corrected chi connectivity index (χ3v) is 3.74. The zero-order valence-corrected chi connectivity index (χ0v) is 11.7. The van der Waals surface area contributed by atoms with Crippen molar-refractivity contribution in [2.24, 2.45) is 0 Å². The highest BCUT2D eigenvalue weighted by Gasteiger charge is 2.23. The summed E-state index contributed by atoms with van der Waals surface area (Å²) in [5.41, 5.74) is 2.66. The number of rotatable bonds is 4. The van der Waals surface area contributed by atoms with E-state index in [0.29, 0.717) is 0 Å². The normalized spacial score (nSPS) is 19.9. The van der Waals surface area contributed by atoms with Gasteiger partial charge < -0.3 is 9.64 Å². The van der Waals surface area contributed by atoms with Crippen LogP contribution in [-0.2, 0) is 11.2 Å². The summed E-state index contributed by atoms with van der Waals surface area (Å²) in [5.74, 6) is 0. The Kier molecular flexibility index (Phi) is 4.75. The highest BCUT2D eigenvalue weighted by atomic mass is 16.5. The summed E-state index contributed by atoms with van der Waals surface area (Å²) in [5, 5.41) is 0. The monoisotopic (exact) mass is 248 g/mol. The minimum Gasteiger partial charge on any atom is -0.362 e. The Labute approximate surface area is 110 Å². The Balaban J connectivity index is 2.11. The first-order chi connectivity index (χ1) is 8.74. The van der Waals surface area contributed by atoms with E-state index in [1.165, 1.54) is 11.1 Å². The number of benzene rings is 1. The van der Waals surface area contributed by atoms with Crippen LogP contribution in [-0.4, -0.2) is 50.1 Å². The van der Waals surface area contributed by atoms with E-state index in [9.17, 15) is 0 Å². The molecule has 1 fully saturated rings. The van der Waals surface area contributed by atoms with Crippen LogP contribution in [0.4, 0.5) is 0 Å². The van der Waals surface area contributed by atoms with Crippen LogP contribution in [0.15, 0.2) is 24.3 Å². The first kappa shape index (κ1) is 13.5. The van der Waals surface area contributed by atoms with Crippen LogP contribution < -0.4 is 0 Å². The molecule has 1 saturated heterocycles. The molecule has 1 atom stereocenters. The molecule has 0 bridgehead atoms. The lowest BCUT2D eigenvalue weighted by Gasteiger charge is -2.37. The van der Waals surface area contributed by atoms with Gasteiger partial charge in [0.25, 0.3) is 0 Å². The molecule has 18 heavy (non-hydrogen) atoms. The molecule has 0 N–H and O–H groups in total. The Morgan fingerprint density at radius 2 is 1.94 bits per heavy atom. The average Bonchev–Trinajstić information content (AvgIpc) is 2.42. The molecular weight excluding hydrogens is 224 g/mol. The van der Waals surface area contributed by atoms with Crippen LogP contribution in [0.5, 0.6) is 0 Å². The number of aryl methyl sites for hydroxylation is 1. The summed E-state index contributed by atoms with van der Waals surface area (Å²) in [4.78, 5) is 4.79. The maximum Gasteiger partial charge on any atom is 0.136 e. The molecule has 1 aliphatic rings. The third-order valence-electron chi connectivity index (χ3n) is 3.74. The van der Waals surface area contributed by atoms with E-state index in [-0.39, 0.29) is 6.23 Å². The molecule has 1 aliphatic heterocycles. The number of methoxy groups -OCH3 is 1. The Hall–Kier alpha value is -0.900. The van der Waals surface area contributed by atoms with Crippen molar-refractivity contribution in [2.45, 2.75) is 19.6 Å². The van der Waals surface area contributed by atoms with E-state index in [2.05, 4.69) is 48.0 Å². The van der Waals surface area contributed by atoms with Crippen molar-refractivity contribution in [3.8, 4) is 0 Å². The molecule has 0 radical (unpaired) electrons. The van der Waals surface area contributed by atoms with E-state index < -0.39 is 0 Å². The minimum absolute atomic E-state index is 0.102. The van der Waals surface area contributed by atoms with E-state index in [0.717, 1.165) is 32.6 Å². The number of hydrogen-bond acceptors (Lipinski definition) is 3. The minimum atomic E-state index is 0.102. The fraction of sp³-hybridized carbons (Fsp3) is 0.600. The average molecular weight is 248 g/mol. The first-order valence-electron chi connectivity index (χ1n) is 6.78. The standard InChI is InChI=1S/C15H24N2O/c1-4-13-6-5-7-14(12-13)15(18-3)17-10-8-16(2)9-11-17/h5-7,12,15H,4,8-11H2,1-3H3. The Morgan fingerprint density at radius 1 is 1.22 bits per heavy atom. The summed E-state index contributed by atoms with van der Waals surface area (Å²) < 4.78 is 5.72. The van der Waals surface area contributed by atoms with Gasteiger partial charge in [0.05, 0.1) is 0 Å². The molecule has 3 heteroatoms. The Morgan fingerprint density at radius 3 is 2.56 bits per heavy atom. The van der Waals surface area contributed by atoms with E-state index in [4.69, 9.17) is 4.74 Å². The SMILES string of the molecule is CCc1cccc(C(OC)N2CCN(C)CC2)c1.